The number of benzene rings is 1. The number of likely N-dealkylation sites (N-methyl/N-ethyl adjacent to an activating group) is 1. The van der Waals surface area contributed by atoms with E-state index in [1.54, 1.807) is 19.0 Å². The molecule has 0 bridgehead atoms. The Morgan fingerprint density at radius 3 is 1.92 bits per heavy atom. The summed E-state index contributed by atoms with van der Waals surface area (Å²) in [4.78, 5) is 26.2. The van der Waals surface area contributed by atoms with Crippen LogP contribution in [-0.4, -0.2) is 45.2 Å². The van der Waals surface area contributed by atoms with Gasteiger partial charge in [0.15, 0.2) is 5.57 Å². The Hall–Kier alpha value is -2.56. The lowest BCUT2D eigenvalue weighted by Gasteiger charge is -2.29. The SMILES string of the molecule is CCC(C)(C)/C(=C\C(=C(C(=O)OC)C(=O)OC)N(C)C)c1ccccc1. The lowest BCUT2D eigenvalue weighted by atomic mass is 9.77. The first-order valence-electron chi connectivity index (χ1n) is 8.55. The first-order chi connectivity index (χ1) is 12.2. The Morgan fingerprint density at radius 1 is 1.04 bits per heavy atom. The van der Waals surface area contributed by atoms with Crippen molar-refractivity contribution in [1.29, 1.82) is 0 Å². The molecule has 142 valence electrons. The fourth-order valence-corrected chi connectivity index (χ4v) is 2.54. The zero-order valence-corrected chi connectivity index (χ0v) is 16.8. The van der Waals surface area contributed by atoms with Gasteiger partial charge in [-0.1, -0.05) is 51.1 Å². The molecule has 1 rings (SSSR count). The van der Waals surface area contributed by atoms with Crippen molar-refractivity contribution >= 4 is 17.5 Å². The molecule has 0 aliphatic carbocycles. The van der Waals surface area contributed by atoms with Gasteiger partial charge in [0, 0.05) is 14.1 Å². The third-order valence-electron chi connectivity index (χ3n) is 4.50. The van der Waals surface area contributed by atoms with Crippen LogP contribution in [0.25, 0.3) is 5.57 Å². The van der Waals surface area contributed by atoms with E-state index in [9.17, 15) is 9.59 Å². The second-order valence-corrected chi connectivity index (χ2v) is 6.80. The molecule has 0 spiro atoms. The minimum absolute atomic E-state index is 0.125. The average molecular weight is 359 g/mol. The highest BCUT2D eigenvalue weighted by Crippen LogP contribution is 2.38. The fraction of sp³-hybridized carbons (Fsp3) is 0.429. The summed E-state index contributed by atoms with van der Waals surface area (Å²) in [6.07, 6.45) is 2.77. The van der Waals surface area contributed by atoms with Crippen LogP contribution >= 0.6 is 0 Å². The number of hydrogen-bond donors (Lipinski definition) is 0. The number of ether oxygens (including phenoxy) is 2. The summed E-state index contributed by atoms with van der Waals surface area (Å²) in [6, 6.07) is 9.93. The highest BCUT2D eigenvalue weighted by atomic mass is 16.5. The number of methoxy groups -OCH3 is 2. The Kier molecular flexibility index (Phi) is 7.62. The second-order valence-electron chi connectivity index (χ2n) is 6.80. The van der Waals surface area contributed by atoms with E-state index in [-0.39, 0.29) is 11.0 Å². The maximum absolute atomic E-state index is 12.3. The van der Waals surface area contributed by atoms with Gasteiger partial charge in [0.1, 0.15) is 0 Å². The summed E-state index contributed by atoms with van der Waals surface area (Å²) >= 11 is 0. The predicted molar refractivity (Wildman–Crippen MR) is 103 cm³/mol. The first-order valence-corrected chi connectivity index (χ1v) is 8.55. The van der Waals surface area contributed by atoms with Crippen LogP contribution in [0.1, 0.15) is 32.8 Å². The van der Waals surface area contributed by atoms with Crippen molar-refractivity contribution in [2.75, 3.05) is 28.3 Å². The molecule has 0 saturated heterocycles. The molecule has 0 atom stereocenters. The van der Waals surface area contributed by atoms with Crippen LogP contribution in [0.15, 0.2) is 47.7 Å². The van der Waals surface area contributed by atoms with E-state index in [1.165, 1.54) is 14.2 Å². The maximum atomic E-state index is 12.3. The van der Waals surface area contributed by atoms with Gasteiger partial charge in [0.05, 0.1) is 19.9 Å². The van der Waals surface area contributed by atoms with Gasteiger partial charge in [-0.05, 0) is 29.0 Å². The van der Waals surface area contributed by atoms with Gasteiger partial charge in [-0.15, -0.1) is 0 Å². The standard InChI is InChI=1S/C21H29NO4/c1-8-21(2,3)16(15-12-10-9-11-13-15)14-17(22(4)5)18(19(23)25-6)20(24)26-7/h9-14H,8H2,1-7H3/b16-14-. The van der Waals surface area contributed by atoms with Crippen molar-refractivity contribution in [1.82, 2.24) is 4.90 Å². The number of hydrogen-bond acceptors (Lipinski definition) is 5. The van der Waals surface area contributed by atoms with Crippen molar-refractivity contribution in [2.45, 2.75) is 27.2 Å². The zero-order valence-electron chi connectivity index (χ0n) is 16.8. The highest BCUT2D eigenvalue weighted by Gasteiger charge is 2.28. The fourth-order valence-electron chi connectivity index (χ4n) is 2.54. The van der Waals surface area contributed by atoms with Crippen molar-refractivity contribution < 1.29 is 19.1 Å². The van der Waals surface area contributed by atoms with E-state index in [4.69, 9.17) is 9.47 Å². The van der Waals surface area contributed by atoms with E-state index < -0.39 is 11.9 Å². The quantitative estimate of drug-likeness (QED) is 0.244. The summed E-state index contributed by atoms with van der Waals surface area (Å²) < 4.78 is 9.62. The van der Waals surface area contributed by atoms with Gasteiger partial charge in [-0.3, -0.25) is 0 Å². The topological polar surface area (TPSA) is 55.8 Å². The Labute approximate surface area is 156 Å². The summed E-state index contributed by atoms with van der Waals surface area (Å²) in [5.41, 5.74) is 2.21. The van der Waals surface area contributed by atoms with Gasteiger partial charge in [0.2, 0.25) is 0 Å². The summed E-state index contributed by atoms with van der Waals surface area (Å²) in [7, 11) is 6.05. The van der Waals surface area contributed by atoms with Gasteiger partial charge in [-0.25, -0.2) is 9.59 Å². The molecule has 0 radical (unpaired) electrons. The van der Waals surface area contributed by atoms with Crippen LogP contribution in [0.5, 0.6) is 0 Å². The molecular weight excluding hydrogens is 330 g/mol. The molecule has 0 heterocycles. The molecule has 0 amide bonds. The van der Waals surface area contributed by atoms with E-state index in [0.717, 1.165) is 17.6 Å². The maximum Gasteiger partial charge on any atom is 0.347 e. The molecule has 0 aliphatic rings. The third kappa shape index (κ3) is 4.97. The van der Waals surface area contributed by atoms with Crippen molar-refractivity contribution in [3.63, 3.8) is 0 Å². The lowest BCUT2D eigenvalue weighted by Crippen LogP contribution is -2.24. The Bertz CT molecular complexity index is 682. The highest BCUT2D eigenvalue weighted by molar-refractivity contribution is 6.15. The van der Waals surface area contributed by atoms with E-state index in [0.29, 0.717) is 5.70 Å². The van der Waals surface area contributed by atoms with Gasteiger partial charge in [-0.2, -0.15) is 0 Å². The van der Waals surface area contributed by atoms with E-state index in [2.05, 4.69) is 20.8 Å². The van der Waals surface area contributed by atoms with Gasteiger partial charge in [0.25, 0.3) is 0 Å². The number of carbonyl (C=O) groups excluding carboxylic acids is 2. The van der Waals surface area contributed by atoms with Gasteiger partial charge < -0.3 is 14.4 Å². The summed E-state index contributed by atoms with van der Waals surface area (Å²) in [6.45, 7) is 6.38. The van der Waals surface area contributed by atoms with Gasteiger partial charge >= 0.3 is 11.9 Å². The third-order valence-corrected chi connectivity index (χ3v) is 4.50. The number of nitrogens with zero attached hydrogens (tertiary/aromatic N) is 1. The normalized spacial score (nSPS) is 11.6. The average Bonchev–Trinajstić information content (AvgIpc) is 2.64. The number of carbonyl (C=O) groups is 2. The van der Waals surface area contributed by atoms with Crippen LogP contribution in [-0.2, 0) is 19.1 Å². The Morgan fingerprint density at radius 2 is 1.54 bits per heavy atom. The van der Waals surface area contributed by atoms with E-state index >= 15 is 0 Å². The molecule has 0 aliphatic heterocycles. The molecule has 26 heavy (non-hydrogen) atoms. The molecule has 0 N–H and O–H groups in total. The minimum atomic E-state index is -0.724. The molecule has 1 aromatic rings. The second kappa shape index (κ2) is 9.22. The van der Waals surface area contributed by atoms with Crippen molar-refractivity contribution in [2.24, 2.45) is 5.41 Å². The molecule has 0 aromatic heterocycles. The summed E-state index contributed by atoms with van der Waals surface area (Å²) in [5.74, 6) is -1.45. The van der Waals surface area contributed by atoms with Crippen molar-refractivity contribution in [3.05, 3.63) is 53.2 Å². The minimum Gasteiger partial charge on any atom is -0.465 e. The first kappa shape index (κ1) is 21.5. The zero-order chi connectivity index (χ0) is 19.9. The lowest BCUT2D eigenvalue weighted by molar-refractivity contribution is -0.144. The van der Waals surface area contributed by atoms with Crippen LogP contribution < -0.4 is 0 Å². The molecule has 0 fully saturated rings. The number of rotatable bonds is 7. The van der Waals surface area contributed by atoms with Crippen LogP contribution in [0, 0.1) is 5.41 Å². The number of esters is 2. The van der Waals surface area contributed by atoms with Crippen LogP contribution in [0.3, 0.4) is 0 Å². The van der Waals surface area contributed by atoms with Crippen LogP contribution in [0.4, 0.5) is 0 Å². The molecule has 5 nitrogen and oxygen atoms in total. The predicted octanol–water partition coefficient (Wildman–Crippen LogP) is 3.67. The van der Waals surface area contributed by atoms with Crippen LogP contribution in [0.2, 0.25) is 0 Å². The van der Waals surface area contributed by atoms with E-state index in [1.807, 2.05) is 36.4 Å². The molecular formula is C21H29NO4. The van der Waals surface area contributed by atoms with Crippen molar-refractivity contribution in [3.8, 4) is 0 Å². The summed E-state index contributed by atoms with van der Waals surface area (Å²) in [5, 5.41) is 0. The Balaban J connectivity index is 3.79. The number of allylic oxidation sites excluding steroid dienone is 2. The smallest absolute Gasteiger partial charge is 0.347 e. The molecule has 5 heteroatoms. The molecule has 1 aromatic carbocycles. The molecule has 0 unspecified atom stereocenters. The monoisotopic (exact) mass is 359 g/mol. The largest absolute Gasteiger partial charge is 0.465 e. The molecule has 0 saturated carbocycles.